The topological polar surface area (TPSA) is 58.8 Å². The highest BCUT2D eigenvalue weighted by molar-refractivity contribution is 5.90. The van der Waals surface area contributed by atoms with Gasteiger partial charge in [-0.15, -0.1) is 0 Å². The van der Waals surface area contributed by atoms with Gasteiger partial charge >= 0.3 is 5.91 Å². The van der Waals surface area contributed by atoms with Crippen molar-refractivity contribution in [3.63, 3.8) is 0 Å². The first-order chi connectivity index (χ1) is 13.5. The summed E-state index contributed by atoms with van der Waals surface area (Å²) in [6, 6.07) is 8.85. The Bertz CT molecular complexity index is 828. The van der Waals surface area contributed by atoms with Gasteiger partial charge in [0.1, 0.15) is 5.76 Å². The van der Waals surface area contributed by atoms with Crippen molar-refractivity contribution in [2.24, 2.45) is 0 Å². The second kappa shape index (κ2) is 8.05. The van der Waals surface area contributed by atoms with Gasteiger partial charge in [-0.05, 0) is 23.5 Å². The molecule has 0 saturated carbocycles. The summed E-state index contributed by atoms with van der Waals surface area (Å²) in [4.78, 5) is 21.4. The van der Waals surface area contributed by atoms with Gasteiger partial charge in [-0.1, -0.05) is 38.1 Å². The number of carbonyl (C=O) groups excluding carboxylic acids is 1. The lowest BCUT2D eigenvalue weighted by Crippen LogP contribution is -2.30. The van der Waals surface area contributed by atoms with Crippen LogP contribution in [0.15, 0.2) is 28.7 Å². The van der Waals surface area contributed by atoms with Crippen molar-refractivity contribution in [2.45, 2.75) is 51.8 Å². The van der Waals surface area contributed by atoms with Gasteiger partial charge in [-0.25, -0.2) is 4.98 Å². The molecule has 0 bridgehead atoms. The van der Waals surface area contributed by atoms with Crippen LogP contribution in [0.5, 0.6) is 0 Å². The number of ether oxygens (including phenoxy) is 1. The van der Waals surface area contributed by atoms with Gasteiger partial charge in [-0.3, -0.25) is 9.69 Å². The second-order valence-electron chi connectivity index (χ2n) is 8.14. The number of carbonyl (C=O) groups is 1. The van der Waals surface area contributed by atoms with E-state index in [9.17, 15) is 4.79 Å². The number of benzene rings is 1. The number of oxazole rings is 1. The van der Waals surface area contributed by atoms with Crippen LogP contribution in [0.25, 0.3) is 0 Å². The highest BCUT2D eigenvalue weighted by atomic mass is 16.5. The monoisotopic (exact) mass is 383 g/mol. The molecule has 28 heavy (non-hydrogen) atoms. The molecule has 1 fully saturated rings. The molecule has 1 amide bonds. The van der Waals surface area contributed by atoms with E-state index in [4.69, 9.17) is 9.15 Å². The summed E-state index contributed by atoms with van der Waals surface area (Å²) in [5.74, 6) is 1.51. The third-order valence-corrected chi connectivity index (χ3v) is 5.81. The van der Waals surface area contributed by atoms with Crippen LogP contribution in [-0.4, -0.2) is 53.5 Å². The van der Waals surface area contributed by atoms with Crippen LogP contribution in [-0.2, 0) is 24.2 Å². The van der Waals surface area contributed by atoms with Gasteiger partial charge in [0.05, 0.1) is 11.8 Å². The summed E-state index contributed by atoms with van der Waals surface area (Å²) in [7, 11) is 1.69. The number of methoxy groups -OCH3 is 1. The van der Waals surface area contributed by atoms with Crippen LogP contribution < -0.4 is 0 Å². The first-order valence-electron chi connectivity index (χ1n) is 10.2. The second-order valence-corrected chi connectivity index (χ2v) is 8.14. The van der Waals surface area contributed by atoms with E-state index in [0.717, 1.165) is 43.9 Å². The Morgan fingerprint density at radius 3 is 2.75 bits per heavy atom. The molecule has 1 aromatic heterocycles. The summed E-state index contributed by atoms with van der Waals surface area (Å²) in [6.45, 7) is 8.25. The number of hydrogen-bond acceptors (Lipinski definition) is 5. The van der Waals surface area contributed by atoms with Crippen molar-refractivity contribution in [3.8, 4) is 0 Å². The summed E-state index contributed by atoms with van der Waals surface area (Å²) in [6.07, 6.45) is 1.78. The molecular formula is C22H29N3O3. The van der Waals surface area contributed by atoms with E-state index in [-0.39, 0.29) is 17.9 Å². The van der Waals surface area contributed by atoms with E-state index >= 15 is 0 Å². The van der Waals surface area contributed by atoms with Crippen LogP contribution >= 0.6 is 0 Å². The zero-order valence-electron chi connectivity index (χ0n) is 17.0. The van der Waals surface area contributed by atoms with E-state index < -0.39 is 0 Å². The largest absolute Gasteiger partial charge is 0.437 e. The van der Waals surface area contributed by atoms with Crippen LogP contribution in [0.1, 0.15) is 59.5 Å². The SMILES string of the molecule is COC1CCN(C(=O)c2nc3c(o2)CCN(Cc2ccc(C(C)C)cc2)C3)C1. The molecule has 0 radical (unpaired) electrons. The smallest absolute Gasteiger partial charge is 0.309 e. The minimum atomic E-state index is -0.121. The maximum atomic E-state index is 12.7. The molecule has 4 rings (SSSR count). The van der Waals surface area contributed by atoms with Gasteiger partial charge in [0, 0.05) is 46.3 Å². The van der Waals surface area contributed by atoms with E-state index in [2.05, 4.69) is 48.0 Å². The van der Waals surface area contributed by atoms with E-state index in [0.29, 0.717) is 19.0 Å². The Balaban J connectivity index is 1.39. The molecule has 2 aromatic rings. The molecule has 2 aliphatic rings. The fraction of sp³-hybridized carbons (Fsp3) is 0.545. The van der Waals surface area contributed by atoms with Crippen molar-refractivity contribution in [2.75, 3.05) is 26.7 Å². The quantitative estimate of drug-likeness (QED) is 0.793. The predicted molar refractivity (Wildman–Crippen MR) is 106 cm³/mol. The molecule has 6 nitrogen and oxygen atoms in total. The summed E-state index contributed by atoms with van der Waals surface area (Å²) in [5.41, 5.74) is 3.56. The van der Waals surface area contributed by atoms with Crippen molar-refractivity contribution >= 4 is 5.91 Å². The first-order valence-corrected chi connectivity index (χ1v) is 10.2. The Morgan fingerprint density at radius 2 is 2.07 bits per heavy atom. The number of nitrogens with zero attached hydrogens (tertiary/aromatic N) is 3. The molecule has 150 valence electrons. The third-order valence-electron chi connectivity index (χ3n) is 5.81. The number of likely N-dealkylation sites (tertiary alicyclic amines) is 1. The fourth-order valence-corrected chi connectivity index (χ4v) is 3.99. The van der Waals surface area contributed by atoms with Crippen LogP contribution in [0.2, 0.25) is 0 Å². The average molecular weight is 383 g/mol. The van der Waals surface area contributed by atoms with Crippen molar-refractivity contribution in [3.05, 3.63) is 52.7 Å². The summed E-state index contributed by atoms with van der Waals surface area (Å²) in [5, 5.41) is 0. The maximum absolute atomic E-state index is 12.7. The molecular weight excluding hydrogens is 354 g/mol. The average Bonchev–Trinajstić information content (AvgIpc) is 3.34. The zero-order valence-corrected chi connectivity index (χ0v) is 17.0. The van der Waals surface area contributed by atoms with Crippen LogP contribution in [0.3, 0.4) is 0 Å². The summed E-state index contributed by atoms with van der Waals surface area (Å²) >= 11 is 0. The lowest BCUT2D eigenvalue weighted by molar-refractivity contribution is 0.0687. The minimum Gasteiger partial charge on any atom is -0.437 e. The molecule has 2 aliphatic heterocycles. The lowest BCUT2D eigenvalue weighted by atomic mass is 10.0. The molecule has 1 atom stereocenters. The van der Waals surface area contributed by atoms with Gasteiger partial charge in [0.2, 0.25) is 0 Å². The molecule has 6 heteroatoms. The normalized spacial score (nSPS) is 20.0. The zero-order chi connectivity index (χ0) is 19.7. The lowest BCUT2D eigenvalue weighted by Gasteiger charge is -2.25. The molecule has 0 aliphatic carbocycles. The van der Waals surface area contributed by atoms with Crippen LogP contribution in [0.4, 0.5) is 0 Å². The maximum Gasteiger partial charge on any atom is 0.309 e. The van der Waals surface area contributed by atoms with Gasteiger partial charge in [-0.2, -0.15) is 0 Å². The van der Waals surface area contributed by atoms with Crippen molar-refractivity contribution in [1.82, 2.24) is 14.8 Å². The van der Waals surface area contributed by atoms with Crippen molar-refractivity contribution < 1.29 is 13.9 Å². The molecule has 1 aromatic carbocycles. The van der Waals surface area contributed by atoms with Gasteiger partial charge < -0.3 is 14.1 Å². The number of amides is 1. The number of fused-ring (bicyclic) bond motifs is 1. The first kappa shape index (κ1) is 19.2. The van der Waals surface area contributed by atoms with Gasteiger partial charge in [0.25, 0.3) is 5.89 Å². The predicted octanol–water partition coefficient (Wildman–Crippen LogP) is 3.22. The number of hydrogen-bond donors (Lipinski definition) is 0. The van der Waals surface area contributed by atoms with Gasteiger partial charge in [0.15, 0.2) is 0 Å². The van der Waals surface area contributed by atoms with Crippen LogP contribution in [0, 0.1) is 0 Å². The third kappa shape index (κ3) is 3.98. The van der Waals surface area contributed by atoms with E-state index in [1.807, 2.05) is 0 Å². The Labute approximate surface area is 166 Å². The van der Waals surface area contributed by atoms with E-state index in [1.165, 1.54) is 11.1 Å². The number of rotatable bonds is 5. The molecule has 1 saturated heterocycles. The molecule has 0 N–H and O–H groups in total. The highest BCUT2D eigenvalue weighted by Gasteiger charge is 2.31. The van der Waals surface area contributed by atoms with E-state index in [1.54, 1.807) is 12.0 Å². The molecule has 3 heterocycles. The molecule has 1 unspecified atom stereocenters. The highest BCUT2D eigenvalue weighted by Crippen LogP contribution is 2.24. The molecule has 0 spiro atoms. The van der Waals surface area contributed by atoms with Crippen molar-refractivity contribution in [1.29, 1.82) is 0 Å². The number of aromatic nitrogens is 1. The standard InChI is InChI=1S/C22H29N3O3/c1-15(2)17-6-4-16(5-7-17)12-24-10-9-20-19(14-24)23-21(28-20)22(26)25-11-8-18(13-25)27-3/h4-7,15,18H,8-14H2,1-3H3. The minimum absolute atomic E-state index is 0.117. The Hall–Kier alpha value is -2.18. The Morgan fingerprint density at radius 1 is 1.29 bits per heavy atom. The fourth-order valence-electron chi connectivity index (χ4n) is 3.99. The summed E-state index contributed by atoms with van der Waals surface area (Å²) < 4.78 is 11.2. The Kier molecular flexibility index (Phi) is 5.51.